The molecule has 2 atom stereocenters. The minimum absolute atomic E-state index is 0.346. The molecule has 392 valence electrons. The zero-order valence-electron chi connectivity index (χ0n) is 45.9. The molecule has 0 radical (unpaired) electrons. The Morgan fingerprint density at radius 2 is 0.926 bits per heavy atom. The number of hydrogen-bond donors (Lipinski definition) is 0. The molecule has 0 spiro atoms. The van der Waals surface area contributed by atoms with Crippen LogP contribution < -0.4 is 9.64 Å². The monoisotopic (exact) mass is 1040 g/mol. The van der Waals surface area contributed by atoms with Crippen LogP contribution in [0.4, 0.5) is 17.1 Å². The number of unbranched alkanes of at least 4 members (excludes halogenated alkanes) is 1. The quantitative estimate of drug-likeness (QED) is 0.0797. The molecule has 0 fully saturated rings. The van der Waals surface area contributed by atoms with Gasteiger partial charge in [0, 0.05) is 38.9 Å². The average molecular weight is 1050 g/mol. The summed E-state index contributed by atoms with van der Waals surface area (Å²) in [6, 6.07) is 98.0. The van der Waals surface area contributed by atoms with Crippen LogP contribution in [-0.4, -0.2) is 11.2 Å². The van der Waals surface area contributed by atoms with E-state index < -0.39 is 0 Å². The van der Waals surface area contributed by atoms with Crippen molar-refractivity contribution in [2.75, 3.05) is 11.5 Å². The lowest BCUT2D eigenvalue weighted by Crippen LogP contribution is -2.27. The number of fused-ring (bicyclic) bond motifs is 6. The van der Waals surface area contributed by atoms with Crippen molar-refractivity contribution in [1.29, 1.82) is 0 Å². The third-order valence-electron chi connectivity index (χ3n) is 16.8. The summed E-state index contributed by atoms with van der Waals surface area (Å²) in [5, 5.41) is 2.44. The van der Waals surface area contributed by atoms with E-state index in [9.17, 15) is 0 Å². The number of ether oxygens (including phenoxy) is 1. The van der Waals surface area contributed by atoms with Crippen molar-refractivity contribution in [1.82, 2.24) is 4.57 Å². The SMILES string of the molecule is C=Cc1ccc(OCC(C)CCCCC2(c3ccccc3)c3ccccc3-c3ccc(N(c4ccc(-c5ccccc5)cc4)c4ccc(-c5ccc6c(c5)c5cc(-c7ccc(C=C)cc7)ccc5n6-c5ccccc5)cc4)cc32)cc1. The molecular formula is C78H64N2O. The third kappa shape index (κ3) is 9.76. The van der Waals surface area contributed by atoms with Crippen LogP contribution in [0.15, 0.2) is 280 Å². The maximum Gasteiger partial charge on any atom is 0.119 e. The Morgan fingerprint density at radius 3 is 1.53 bits per heavy atom. The van der Waals surface area contributed by atoms with Crippen molar-refractivity contribution >= 4 is 51.0 Å². The highest BCUT2D eigenvalue weighted by Gasteiger charge is 2.44. The Balaban J connectivity index is 0.876. The molecule has 0 amide bonds. The number of nitrogens with zero attached hydrogens (tertiary/aromatic N) is 2. The van der Waals surface area contributed by atoms with Gasteiger partial charge in [-0.3, -0.25) is 0 Å². The van der Waals surface area contributed by atoms with E-state index in [2.05, 4.69) is 284 Å². The second-order valence-corrected chi connectivity index (χ2v) is 21.7. The molecule has 3 heteroatoms. The van der Waals surface area contributed by atoms with E-state index in [1.165, 1.54) is 77.4 Å². The largest absolute Gasteiger partial charge is 0.493 e. The minimum Gasteiger partial charge on any atom is -0.493 e. The molecule has 0 saturated heterocycles. The molecule has 11 aromatic carbocycles. The van der Waals surface area contributed by atoms with E-state index in [0.717, 1.165) is 70.9 Å². The molecule has 1 aromatic heterocycles. The topological polar surface area (TPSA) is 17.4 Å². The van der Waals surface area contributed by atoms with Gasteiger partial charge >= 0.3 is 0 Å². The highest BCUT2D eigenvalue weighted by molar-refractivity contribution is 6.11. The first-order valence-corrected chi connectivity index (χ1v) is 28.5. The molecule has 2 unspecified atom stereocenters. The van der Waals surface area contributed by atoms with Gasteiger partial charge in [-0.25, -0.2) is 0 Å². The first kappa shape index (κ1) is 50.8. The molecule has 1 heterocycles. The molecule has 81 heavy (non-hydrogen) atoms. The first-order chi connectivity index (χ1) is 39.9. The second kappa shape index (κ2) is 22.2. The minimum atomic E-state index is -0.346. The zero-order chi connectivity index (χ0) is 54.7. The lowest BCUT2D eigenvalue weighted by molar-refractivity contribution is 0.248. The van der Waals surface area contributed by atoms with Crippen LogP contribution >= 0.6 is 0 Å². The number of rotatable bonds is 18. The predicted molar refractivity (Wildman–Crippen MR) is 343 cm³/mol. The molecule has 1 aliphatic carbocycles. The van der Waals surface area contributed by atoms with E-state index in [4.69, 9.17) is 4.74 Å². The van der Waals surface area contributed by atoms with Gasteiger partial charge in [0.15, 0.2) is 0 Å². The molecule has 0 saturated carbocycles. The number of aromatic nitrogens is 1. The van der Waals surface area contributed by atoms with Crippen molar-refractivity contribution in [3.05, 3.63) is 308 Å². The Hall–Kier alpha value is -9.70. The fraction of sp³-hybridized carbons (Fsp3) is 0.103. The molecule has 0 N–H and O–H groups in total. The molecule has 12 aromatic rings. The maximum absolute atomic E-state index is 6.27. The van der Waals surface area contributed by atoms with E-state index in [1.54, 1.807) is 0 Å². The van der Waals surface area contributed by atoms with Crippen LogP contribution in [0.2, 0.25) is 0 Å². The highest BCUT2D eigenvalue weighted by Crippen LogP contribution is 2.56. The Morgan fingerprint density at radius 1 is 0.444 bits per heavy atom. The first-order valence-electron chi connectivity index (χ1n) is 28.5. The standard InChI is InChI=1S/C78H64N2O/c1-4-56-28-32-60(33-29-56)62-38-48-76-72(51-62)73-52-63(39-49-77(73)80(76)65-24-13-8-14-25-65)61-36-42-67(43-37-61)79(66-40-34-59(35-41-66)58-20-9-6-10-21-58)68-44-47-71-70-26-15-16-27-74(70)78(75(71)53-68,64-22-11-7-12-23-64)50-18-17-19-55(3)54-81-69-45-30-57(5-2)31-46-69/h4-16,20-49,51-53,55H,1-2,17-19,50,54H2,3H3. The van der Waals surface area contributed by atoms with Gasteiger partial charge in [0.05, 0.1) is 17.6 Å². The summed E-state index contributed by atoms with van der Waals surface area (Å²) in [5.41, 5.74) is 22.5. The fourth-order valence-corrected chi connectivity index (χ4v) is 12.6. The van der Waals surface area contributed by atoms with Gasteiger partial charge in [-0.05, 0) is 176 Å². The second-order valence-electron chi connectivity index (χ2n) is 21.7. The van der Waals surface area contributed by atoms with Crippen molar-refractivity contribution in [2.24, 2.45) is 5.92 Å². The van der Waals surface area contributed by atoms with Crippen LogP contribution in [0.3, 0.4) is 0 Å². The Kier molecular flexibility index (Phi) is 13.9. The Labute approximate surface area is 477 Å². The van der Waals surface area contributed by atoms with Gasteiger partial charge < -0.3 is 14.2 Å². The maximum atomic E-state index is 6.27. The van der Waals surface area contributed by atoms with E-state index in [-0.39, 0.29) is 5.41 Å². The van der Waals surface area contributed by atoms with Gasteiger partial charge in [-0.1, -0.05) is 227 Å². The predicted octanol–water partition coefficient (Wildman–Crippen LogP) is 21.1. The molecule has 13 rings (SSSR count). The number of anilines is 3. The summed E-state index contributed by atoms with van der Waals surface area (Å²) in [5.74, 6) is 1.33. The fourth-order valence-electron chi connectivity index (χ4n) is 12.6. The van der Waals surface area contributed by atoms with Gasteiger partial charge in [-0.2, -0.15) is 0 Å². The lowest BCUT2D eigenvalue weighted by Gasteiger charge is -2.34. The average Bonchev–Trinajstić information content (AvgIpc) is 4.10. The zero-order valence-corrected chi connectivity index (χ0v) is 45.9. The third-order valence-corrected chi connectivity index (χ3v) is 16.8. The van der Waals surface area contributed by atoms with Crippen molar-refractivity contribution < 1.29 is 4.74 Å². The molecule has 0 aliphatic heterocycles. The van der Waals surface area contributed by atoms with Gasteiger partial charge in [0.1, 0.15) is 5.75 Å². The summed E-state index contributed by atoms with van der Waals surface area (Å²) in [6.07, 6.45) is 8.01. The van der Waals surface area contributed by atoms with E-state index >= 15 is 0 Å². The summed E-state index contributed by atoms with van der Waals surface area (Å²) < 4.78 is 8.67. The summed E-state index contributed by atoms with van der Waals surface area (Å²) in [6.45, 7) is 10.9. The van der Waals surface area contributed by atoms with Crippen LogP contribution in [0.5, 0.6) is 5.75 Å². The van der Waals surface area contributed by atoms with Crippen LogP contribution in [-0.2, 0) is 5.41 Å². The van der Waals surface area contributed by atoms with E-state index in [0.29, 0.717) is 12.5 Å². The van der Waals surface area contributed by atoms with Crippen molar-refractivity contribution in [2.45, 2.75) is 38.0 Å². The van der Waals surface area contributed by atoms with Crippen molar-refractivity contribution in [3.8, 4) is 55.9 Å². The van der Waals surface area contributed by atoms with Gasteiger partial charge in [0.2, 0.25) is 0 Å². The lowest BCUT2D eigenvalue weighted by atomic mass is 9.69. The van der Waals surface area contributed by atoms with Crippen LogP contribution in [0, 0.1) is 5.92 Å². The smallest absolute Gasteiger partial charge is 0.119 e. The number of hydrogen-bond acceptors (Lipinski definition) is 2. The summed E-state index contributed by atoms with van der Waals surface area (Å²) in [7, 11) is 0. The molecule has 0 bridgehead atoms. The van der Waals surface area contributed by atoms with Gasteiger partial charge in [-0.15, -0.1) is 0 Å². The number of para-hydroxylation sites is 1. The molecule has 1 aliphatic rings. The molecular weight excluding hydrogens is 981 g/mol. The van der Waals surface area contributed by atoms with Crippen LogP contribution in [0.25, 0.3) is 84.2 Å². The van der Waals surface area contributed by atoms with E-state index in [1.807, 2.05) is 24.3 Å². The normalized spacial score (nSPS) is 13.8. The molecule has 3 nitrogen and oxygen atoms in total. The highest BCUT2D eigenvalue weighted by atomic mass is 16.5. The summed E-state index contributed by atoms with van der Waals surface area (Å²) >= 11 is 0. The Bertz CT molecular complexity index is 4180. The number of benzene rings is 11. The van der Waals surface area contributed by atoms with Crippen molar-refractivity contribution in [3.63, 3.8) is 0 Å². The summed E-state index contributed by atoms with van der Waals surface area (Å²) in [4.78, 5) is 2.45. The van der Waals surface area contributed by atoms with Crippen LogP contribution in [0.1, 0.15) is 60.4 Å². The van der Waals surface area contributed by atoms with Gasteiger partial charge in [0.25, 0.3) is 0 Å².